The highest BCUT2D eigenvalue weighted by atomic mass is 19.2. The van der Waals surface area contributed by atoms with Crippen LogP contribution in [0.25, 0.3) is 0 Å². The van der Waals surface area contributed by atoms with Crippen LogP contribution >= 0.6 is 0 Å². The Labute approximate surface area is 290 Å². The number of hydrogen-bond donors (Lipinski definition) is 0. The minimum atomic E-state index is -2.25. The average Bonchev–Trinajstić information content (AvgIpc) is 3.63. The Bertz CT molecular complexity index is 1920. The van der Waals surface area contributed by atoms with Crippen LogP contribution < -0.4 is 0 Å². The Morgan fingerprint density at radius 3 is 1.52 bits per heavy atom. The number of halogens is 3. The topological polar surface area (TPSA) is 51.2 Å². The molecule has 11 rings (SSSR count). The van der Waals surface area contributed by atoms with Gasteiger partial charge in [0, 0.05) is 48.9 Å². The van der Waals surface area contributed by atoms with Crippen molar-refractivity contribution in [3.8, 4) is 0 Å². The van der Waals surface area contributed by atoms with Crippen molar-refractivity contribution < 1.29 is 27.6 Å². The number of alkyl halides is 3. The molecule has 0 amide bonds. The first-order chi connectivity index (χ1) is 24.1. The van der Waals surface area contributed by atoms with Crippen LogP contribution in [0.2, 0.25) is 0 Å². The van der Waals surface area contributed by atoms with Gasteiger partial charge in [-0.3, -0.25) is 14.4 Å². The lowest BCUT2D eigenvalue weighted by Crippen LogP contribution is -2.66. The summed E-state index contributed by atoms with van der Waals surface area (Å²) in [5, 5.41) is 0. The van der Waals surface area contributed by atoms with Gasteiger partial charge in [0.1, 0.15) is 0 Å². The zero-order valence-electron chi connectivity index (χ0n) is 27.6. The number of carbonyl (C=O) groups is 3. The minimum absolute atomic E-state index is 0.110. The predicted octanol–water partition coefficient (Wildman–Crippen LogP) is 8.16. The number of ketones is 3. The first kappa shape index (κ1) is 32.6. The fourth-order valence-electron chi connectivity index (χ4n) is 9.89. The third kappa shape index (κ3) is 5.13. The Morgan fingerprint density at radius 2 is 0.980 bits per heavy atom. The molecule has 2 fully saturated rings. The summed E-state index contributed by atoms with van der Waals surface area (Å²) in [5.41, 5.74) is -3.90. The zero-order valence-corrected chi connectivity index (χ0v) is 27.6. The van der Waals surface area contributed by atoms with Gasteiger partial charge < -0.3 is 0 Å². The van der Waals surface area contributed by atoms with Crippen molar-refractivity contribution in [3.63, 3.8) is 0 Å². The van der Waals surface area contributed by atoms with E-state index in [4.69, 9.17) is 0 Å². The van der Waals surface area contributed by atoms with Crippen LogP contribution in [0.15, 0.2) is 140 Å². The van der Waals surface area contributed by atoms with E-state index < -0.39 is 52.2 Å². The van der Waals surface area contributed by atoms with Gasteiger partial charge in [-0.2, -0.15) is 0 Å². The fraction of sp³-hybridized carbons (Fsp3) is 0.341. The van der Waals surface area contributed by atoms with E-state index >= 15 is 13.2 Å². The van der Waals surface area contributed by atoms with Crippen molar-refractivity contribution in [2.45, 2.75) is 42.7 Å². The van der Waals surface area contributed by atoms with E-state index in [1.165, 1.54) is 6.08 Å². The molecule has 0 N–H and O–H groups in total. The summed E-state index contributed by atoms with van der Waals surface area (Å²) in [5.74, 6) is -4.49. The van der Waals surface area contributed by atoms with Crippen molar-refractivity contribution in [2.24, 2.45) is 47.3 Å². The molecule has 3 aromatic rings. The highest BCUT2D eigenvalue weighted by molar-refractivity contribution is 6.01. The van der Waals surface area contributed by atoms with Gasteiger partial charge in [-0.15, -0.1) is 0 Å². The number of hydrogen-bond acceptors (Lipinski definition) is 3. The first-order valence-corrected chi connectivity index (χ1v) is 17.7. The van der Waals surface area contributed by atoms with E-state index in [0.717, 1.165) is 12.0 Å². The third-order valence-corrected chi connectivity index (χ3v) is 12.2. The number of carbonyl (C=O) groups excluding carboxylic acids is 3. The van der Waals surface area contributed by atoms with Gasteiger partial charge in [-0.05, 0) is 46.9 Å². The lowest BCUT2D eigenvalue weighted by molar-refractivity contribution is -0.160. The lowest BCUT2D eigenvalue weighted by Gasteiger charge is -2.55. The molecule has 0 heterocycles. The number of rotatable bonds is 6. The van der Waals surface area contributed by atoms with Crippen molar-refractivity contribution in [1.82, 2.24) is 0 Å². The summed E-state index contributed by atoms with van der Waals surface area (Å²) >= 11 is 0. The average molecular weight is 673 g/mol. The minimum Gasteiger partial charge on any atom is -0.295 e. The monoisotopic (exact) mass is 672 g/mol. The maximum absolute atomic E-state index is 16.5. The quantitative estimate of drug-likeness (QED) is 0.249. The molecule has 11 atom stereocenters. The Balaban J connectivity index is 0.000000156. The van der Waals surface area contributed by atoms with E-state index in [0.29, 0.717) is 11.1 Å². The molecule has 3 nitrogen and oxygen atoms in total. The van der Waals surface area contributed by atoms with Crippen molar-refractivity contribution in [3.05, 3.63) is 156 Å². The largest absolute Gasteiger partial charge is 0.295 e. The smallest absolute Gasteiger partial charge is 0.193 e. The van der Waals surface area contributed by atoms with E-state index in [9.17, 15) is 14.4 Å². The molecule has 0 spiro atoms. The lowest BCUT2D eigenvalue weighted by atomic mass is 9.49. The van der Waals surface area contributed by atoms with E-state index in [2.05, 4.69) is 12.2 Å². The second-order valence-electron chi connectivity index (χ2n) is 14.9. The molecule has 50 heavy (non-hydrogen) atoms. The summed E-state index contributed by atoms with van der Waals surface area (Å²) in [6, 6.07) is 27.5. The van der Waals surface area contributed by atoms with E-state index in [1.807, 2.05) is 54.6 Å². The molecule has 3 aromatic carbocycles. The van der Waals surface area contributed by atoms with Crippen LogP contribution in [0.5, 0.6) is 0 Å². The Kier molecular flexibility index (Phi) is 8.04. The Morgan fingerprint density at radius 1 is 0.520 bits per heavy atom. The van der Waals surface area contributed by atoms with Gasteiger partial charge in [-0.1, -0.05) is 134 Å². The van der Waals surface area contributed by atoms with Crippen molar-refractivity contribution in [2.75, 3.05) is 0 Å². The van der Waals surface area contributed by atoms with Gasteiger partial charge in [0.25, 0.3) is 0 Å². The molecule has 0 saturated heterocycles. The van der Waals surface area contributed by atoms with Crippen LogP contribution in [0.1, 0.15) is 23.1 Å². The third-order valence-electron chi connectivity index (χ3n) is 12.2. The maximum atomic E-state index is 16.5. The van der Waals surface area contributed by atoms with E-state index in [-0.39, 0.29) is 48.7 Å². The highest BCUT2D eigenvalue weighted by Gasteiger charge is 2.67. The van der Waals surface area contributed by atoms with E-state index in [1.54, 1.807) is 66.8 Å². The number of allylic oxidation sites excluding steroid dienone is 8. The van der Waals surface area contributed by atoms with Crippen LogP contribution in [0.4, 0.5) is 13.2 Å². The standard InChI is InChI=1S/C26H22F2O2.C18H17FO/c27-25(15-17-7-3-1-4-8-17)21-13-11-20(24(25)30)19-12-14-22(29)26(28,23(19)21)16-18-9-5-2-6-10-18;19-18(11-12-5-2-1-3-6-12)16-10-9-15(17(18)20)13-7-4-8-14(13)16/h1-14,19-21,23H,15-16H2;1-7,9-10,13-16H,8,11H2/t19-,20+,21-,23-,25+,26-;13-,14+,15-,16+,18-/m01/s1. The number of Topliss-reactive ketones (excluding diaryl/α,β-unsaturated/α-hetero) is 2. The zero-order chi connectivity index (χ0) is 34.7. The van der Waals surface area contributed by atoms with Gasteiger partial charge in [-0.25, -0.2) is 13.2 Å². The van der Waals surface area contributed by atoms with Gasteiger partial charge in [0.15, 0.2) is 34.4 Å². The summed E-state index contributed by atoms with van der Waals surface area (Å²) in [6.07, 6.45) is 15.2. The van der Waals surface area contributed by atoms with Gasteiger partial charge >= 0.3 is 0 Å². The molecule has 254 valence electrons. The fourth-order valence-corrected chi connectivity index (χ4v) is 9.89. The molecule has 6 heteroatoms. The molecule has 0 aliphatic heterocycles. The molecule has 0 aromatic heterocycles. The van der Waals surface area contributed by atoms with Crippen LogP contribution in [0.3, 0.4) is 0 Å². The Hall–Kier alpha value is -4.58. The second-order valence-corrected chi connectivity index (χ2v) is 14.9. The molecule has 0 radical (unpaired) electrons. The molecular weight excluding hydrogens is 633 g/mol. The summed E-state index contributed by atoms with van der Waals surface area (Å²) < 4.78 is 48.5. The molecule has 8 aliphatic rings. The maximum Gasteiger partial charge on any atom is 0.193 e. The molecular formula is C44H39F3O3. The SMILES string of the molecule is O=C1C=C[C@@H]2[C@@H]([C@@H]3C=C[C@H]2C(=O)[C@@]3(F)Cc2ccccc2)[C@]1(F)Cc1ccccc1.O=C1[C@@H]2C=C[C@@H]([C@H]3CC=C[C@H]32)[C@]1(F)Cc1ccccc1. The highest BCUT2D eigenvalue weighted by Crippen LogP contribution is 2.58. The molecule has 0 unspecified atom stereocenters. The predicted molar refractivity (Wildman–Crippen MR) is 186 cm³/mol. The first-order valence-electron chi connectivity index (χ1n) is 17.7. The molecule has 8 aliphatic carbocycles. The molecule has 4 bridgehead atoms. The number of fused-ring (bicyclic) bond motifs is 2. The van der Waals surface area contributed by atoms with Gasteiger partial charge in [0.05, 0.1) is 0 Å². The van der Waals surface area contributed by atoms with Crippen LogP contribution in [-0.4, -0.2) is 34.4 Å². The van der Waals surface area contributed by atoms with Crippen molar-refractivity contribution in [1.29, 1.82) is 0 Å². The number of benzene rings is 3. The normalized spacial score (nSPS) is 38.5. The van der Waals surface area contributed by atoms with Crippen LogP contribution in [0, 0.1) is 47.3 Å². The summed E-state index contributed by atoms with van der Waals surface area (Å²) in [4.78, 5) is 38.6. The van der Waals surface area contributed by atoms with Gasteiger partial charge in [0.2, 0.25) is 0 Å². The second kappa shape index (κ2) is 12.3. The van der Waals surface area contributed by atoms with Crippen molar-refractivity contribution >= 4 is 17.3 Å². The summed E-state index contributed by atoms with van der Waals surface area (Å²) in [6.45, 7) is 0. The summed E-state index contributed by atoms with van der Waals surface area (Å²) in [7, 11) is 0. The van der Waals surface area contributed by atoms with Crippen LogP contribution in [-0.2, 0) is 33.6 Å². The molecule has 2 saturated carbocycles.